The third kappa shape index (κ3) is 4.80. The number of carbonyl (C=O) groups is 1. The quantitative estimate of drug-likeness (QED) is 0.596. The number of alkyl halides is 6. The molecule has 4 nitrogen and oxygen atoms in total. The van der Waals surface area contributed by atoms with Gasteiger partial charge >= 0.3 is 18.3 Å². The van der Waals surface area contributed by atoms with Crippen LogP contribution in [-0.4, -0.2) is 37.6 Å². The molecule has 0 bridgehead atoms. The Morgan fingerprint density at radius 2 is 1.88 bits per heavy atom. The first-order valence-corrected chi connectivity index (χ1v) is 6.97. The summed E-state index contributed by atoms with van der Waals surface area (Å²) < 4.78 is 89.7. The number of carbonyl (C=O) groups excluding carboxylic acids is 1. The van der Waals surface area contributed by atoms with Crippen molar-refractivity contribution in [3.05, 3.63) is 29.3 Å². The van der Waals surface area contributed by atoms with Crippen molar-refractivity contribution in [1.82, 2.24) is 0 Å². The molecule has 0 saturated carbocycles. The molecule has 0 aromatic heterocycles. The topological polar surface area (TPSA) is 44.8 Å². The third-order valence-electron chi connectivity index (χ3n) is 3.03. The van der Waals surface area contributed by atoms with Gasteiger partial charge in [0, 0.05) is 11.6 Å². The fraction of sp³-hybridized carbons (Fsp3) is 0.400. The van der Waals surface area contributed by atoms with Crippen LogP contribution in [0.1, 0.15) is 12.5 Å². The van der Waals surface area contributed by atoms with E-state index in [1.54, 1.807) is 0 Å². The molecule has 0 radical (unpaired) electrons. The van der Waals surface area contributed by atoms with Gasteiger partial charge in [0.15, 0.2) is 6.61 Å². The normalized spacial score (nSPS) is 17.2. The molecular formula is C15H12F6O4. The Morgan fingerprint density at radius 1 is 1.20 bits per heavy atom. The van der Waals surface area contributed by atoms with Crippen molar-refractivity contribution in [3.8, 4) is 11.5 Å². The molecule has 1 aliphatic heterocycles. The van der Waals surface area contributed by atoms with Crippen molar-refractivity contribution < 1.29 is 45.3 Å². The monoisotopic (exact) mass is 370 g/mol. The summed E-state index contributed by atoms with van der Waals surface area (Å²) in [4.78, 5) is 11.7. The predicted octanol–water partition coefficient (Wildman–Crippen LogP) is 3.90. The molecule has 138 valence electrons. The Bertz CT molecular complexity index is 678. The number of benzene rings is 1. The first-order chi connectivity index (χ1) is 11.5. The van der Waals surface area contributed by atoms with E-state index in [1.807, 2.05) is 0 Å². The lowest BCUT2D eigenvalue weighted by Gasteiger charge is -2.28. The van der Waals surface area contributed by atoms with Gasteiger partial charge in [-0.15, -0.1) is 0 Å². The van der Waals surface area contributed by atoms with Gasteiger partial charge in [0.05, 0.1) is 12.2 Å². The molecule has 1 atom stereocenters. The van der Waals surface area contributed by atoms with Crippen molar-refractivity contribution >= 4 is 12.0 Å². The van der Waals surface area contributed by atoms with E-state index in [9.17, 15) is 31.1 Å². The third-order valence-corrected chi connectivity index (χ3v) is 3.03. The molecule has 0 saturated heterocycles. The number of hydrogen-bond acceptors (Lipinski definition) is 4. The zero-order valence-corrected chi connectivity index (χ0v) is 12.7. The molecule has 2 rings (SSSR count). The zero-order valence-electron chi connectivity index (χ0n) is 12.7. The van der Waals surface area contributed by atoms with Crippen LogP contribution in [0, 0.1) is 0 Å². The SMILES string of the molecule is CCOC(=O)C1=Cc2ccc(OCC(F)(F)F)cc2OC1C(F)(F)F. The van der Waals surface area contributed by atoms with Crippen LogP contribution in [0.5, 0.6) is 11.5 Å². The summed E-state index contributed by atoms with van der Waals surface area (Å²) in [6.45, 7) is -0.292. The number of fused-ring (bicyclic) bond motifs is 1. The molecule has 1 aromatic rings. The van der Waals surface area contributed by atoms with Gasteiger partial charge in [0.2, 0.25) is 6.10 Å². The smallest absolute Gasteiger partial charge is 0.430 e. The summed E-state index contributed by atoms with van der Waals surface area (Å²) in [5.74, 6) is -1.85. The van der Waals surface area contributed by atoms with Crippen LogP contribution in [0.25, 0.3) is 6.08 Å². The van der Waals surface area contributed by atoms with Gasteiger partial charge in [0.1, 0.15) is 11.5 Å². The molecule has 1 unspecified atom stereocenters. The van der Waals surface area contributed by atoms with E-state index in [4.69, 9.17) is 4.74 Å². The average Bonchev–Trinajstić information content (AvgIpc) is 2.50. The molecule has 0 amide bonds. The maximum atomic E-state index is 13.1. The summed E-state index contributed by atoms with van der Waals surface area (Å²) in [7, 11) is 0. The Hall–Kier alpha value is -2.39. The molecule has 25 heavy (non-hydrogen) atoms. The average molecular weight is 370 g/mol. The number of rotatable bonds is 4. The maximum absolute atomic E-state index is 13.1. The molecule has 0 N–H and O–H groups in total. The number of esters is 1. The van der Waals surface area contributed by atoms with Crippen LogP contribution in [0.15, 0.2) is 23.8 Å². The first kappa shape index (κ1) is 18.9. The summed E-state index contributed by atoms with van der Waals surface area (Å²) in [6.07, 6.45) is -11.2. The highest BCUT2D eigenvalue weighted by atomic mass is 19.4. The summed E-state index contributed by atoms with van der Waals surface area (Å²) in [6, 6.07) is 3.21. The molecule has 1 aromatic carbocycles. The standard InChI is InChI=1S/C15H12F6O4/c1-2-23-13(22)10-5-8-3-4-9(24-7-14(16,17)18)6-11(8)25-12(10)15(19,20)21/h3-6,12H,2,7H2,1H3. The van der Waals surface area contributed by atoms with Gasteiger partial charge in [0.25, 0.3) is 0 Å². The van der Waals surface area contributed by atoms with Gasteiger partial charge in [-0.1, -0.05) is 0 Å². The molecule has 0 spiro atoms. The van der Waals surface area contributed by atoms with Crippen molar-refractivity contribution in [1.29, 1.82) is 0 Å². The van der Waals surface area contributed by atoms with E-state index in [0.717, 1.165) is 18.2 Å². The molecule has 1 heterocycles. The van der Waals surface area contributed by atoms with Gasteiger partial charge in [-0.25, -0.2) is 4.79 Å². The lowest BCUT2D eigenvalue weighted by atomic mass is 10.0. The minimum atomic E-state index is -4.92. The predicted molar refractivity (Wildman–Crippen MR) is 73.1 cm³/mol. The first-order valence-electron chi connectivity index (χ1n) is 6.97. The summed E-state index contributed by atoms with van der Waals surface area (Å²) in [5.41, 5.74) is -0.659. The van der Waals surface area contributed by atoms with Crippen molar-refractivity contribution in [2.75, 3.05) is 13.2 Å². The van der Waals surface area contributed by atoms with E-state index < -0.39 is 36.6 Å². The maximum Gasteiger partial charge on any atom is 0.430 e. The van der Waals surface area contributed by atoms with Gasteiger partial charge in [-0.05, 0) is 25.1 Å². The fourth-order valence-electron chi connectivity index (χ4n) is 2.05. The lowest BCUT2D eigenvalue weighted by molar-refractivity contribution is -0.187. The largest absolute Gasteiger partial charge is 0.484 e. The highest BCUT2D eigenvalue weighted by Crippen LogP contribution is 2.39. The Balaban J connectivity index is 2.34. The van der Waals surface area contributed by atoms with Crippen molar-refractivity contribution in [2.24, 2.45) is 0 Å². The number of ether oxygens (including phenoxy) is 3. The molecule has 10 heteroatoms. The lowest BCUT2D eigenvalue weighted by Crippen LogP contribution is -2.40. The highest BCUT2D eigenvalue weighted by Gasteiger charge is 2.48. The van der Waals surface area contributed by atoms with Crippen LogP contribution in [0.3, 0.4) is 0 Å². The van der Waals surface area contributed by atoms with Crippen LogP contribution < -0.4 is 9.47 Å². The Morgan fingerprint density at radius 3 is 2.44 bits per heavy atom. The molecule has 0 fully saturated rings. The van der Waals surface area contributed by atoms with Crippen LogP contribution in [-0.2, 0) is 9.53 Å². The van der Waals surface area contributed by atoms with Crippen molar-refractivity contribution in [2.45, 2.75) is 25.4 Å². The summed E-state index contributed by atoms with van der Waals surface area (Å²) in [5, 5.41) is 0. The fourth-order valence-corrected chi connectivity index (χ4v) is 2.05. The Kier molecular flexibility index (Phi) is 5.19. The summed E-state index contributed by atoms with van der Waals surface area (Å²) >= 11 is 0. The van der Waals surface area contributed by atoms with Gasteiger partial charge < -0.3 is 14.2 Å². The number of halogens is 6. The van der Waals surface area contributed by atoms with Crippen molar-refractivity contribution in [3.63, 3.8) is 0 Å². The van der Waals surface area contributed by atoms with E-state index in [1.165, 1.54) is 13.0 Å². The minimum absolute atomic E-state index is 0.0860. The van der Waals surface area contributed by atoms with Gasteiger partial charge in [-0.2, -0.15) is 26.3 Å². The second-order valence-electron chi connectivity index (χ2n) is 4.96. The van der Waals surface area contributed by atoms with E-state index in [-0.39, 0.29) is 23.7 Å². The minimum Gasteiger partial charge on any atom is -0.484 e. The van der Waals surface area contributed by atoms with Crippen LogP contribution >= 0.6 is 0 Å². The second kappa shape index (κ2) is 6.85. The van der Waals surface area contributed by atoms with E-state index in [0.29, 0.717) is 0 Å². The van der Waals surface area contributed by atoms with E-state index in [2.05, 4.69) is 9.47 Å². The van der Waals surface area contributed by atoms with E-state index >= 15 is 0 Å². The molecular weight excluding hydrogens is 358 g/mol. The zero-order chi connectivity index (χ0) is 18.8. The van der Waals surface area contributed by atoms with Crippen LogP contribution in [0.2, 0.25) is 0 Å². The molecule has 0 aliphatic carbocycles. The Labute approximate surface area is 138 Å². The second-order valence-corrected chi connectivity index (χ2v) is 4.96. The molecule has 1 aliphatic rings. The van der Waals surface area contributed by atoms with Gasteiger partial charge in [-0.3, -0.25) is 0 Å². The number of hydrogen-bond donors (Lipinski definition) is 0. The van der Waals surface area contributed by atoms with Crippen LogP contribution in [0.4, 0.5) is 26.3 Å². The highest BCUT2D eigenvalue weighted by molar-refractivity contribution is 5.96.